The van der Waals surface area contributed by atoms with E-state index in [1.54, 1.807) is 25.4 Å². The third kappa shape index (κ3) is 2.68. The Bertz CT molecular complexity index is 286. The van der Waals surface area contributed by atoms with Crippen LogP contribution in [0.4, 0.5) is 5.69 Å². The van der Waals surface area contributed by atoms with Crippen LogP contribution in [0.3, 0.4) is 0 Å². The molecule has 5 N–H and O–H groups in total. The van der Waals surface area contributed by atoms with Crippen molar-refractivity contribution < 1.29 is 5.11 Å². The van der Waals surface area contributed by atoms with Crippen molar-refractivity contribution in [1.82, 2.24) is 4.98 Å². The maximum absolute atomic E-state index is 9.69. The number of anilines is 1. The Hall–Kier alpha value is -1.13. The van der Waals surface area contributed by atoms with E-state index in [4.69, 9.17) is 11.5 Å². The van der Waals surface area contributed by atoms with E-state index in [0.717, 1.165) is 5.56 Å². The highest BCUT2D eigenvalue weighted by Gasteiger charge is 2.19. The summed E-state index contributed by atoms with van der Waals surface area (Å²) in [4.78, 5) is 3.93. The van der Waals surface area contributed by atoms with E-state index >= 15 is 0 Å². The van der Waals surface area contributed by atoms with Crippen molar-refractivity contribution in [2.24, 2.45) is 5.73 Å². The van der Waals surface area contributed by atoms with Crippen molar-refractivity contribution in [3.63, 3.8) is 0 Å². The molecule has 0 fully saturated rings. The first kappa shape index (κ1) is 9.95. The predicted octanol–water partition coefficient (Wildman–Crippen LogP) is -0.0840. The number of aromatic nitrogens is 1. The molecule has 1 aromatic rings. The zero-order valence-corrected chi connectivity index (χ0v) is 7.70. The summed E-state index contributed by atoms with van der Waals surface area (Å²) in [5, 5.41) is 9.69. The number of pyridine rings is 1. The number of nitrogens with zero attached hydrogens (tertiary/aromatic N) is 1. The van der Waals surface area contributed by atoms with Gasteiger partial charge in [-0.3, -0.25) is 4.98 Å². The Labute approximate surface area is 77.6 Å². The van der Waals surface area contributed by atoms with E-state index in [9.17, 15) is 5.11 Å². The van der Waals surface area contributed by atoms with Crippen molar-refractivity contribution in [3.8, 4) is 0 Å². The molecule has 0 saturated carbocycles. The Kier molecular flexibility index (Phi) is 2.85. The lowest BCUT2D eigenvalue weighted by Crippen LogP contribution is -2.36. The lowest BCUT2D eigenvalue weighted by atomic mass is 9.97. The Morgan fingerprint density at radius 3 is 2.85 bits per heavy atom. The molecule has 0 radical (unpaired) electrons. The van der Waals surface area contributed by atoms with Crippen LogP contribution in [-0.2, 0) is 6.42 Å². The Morgan fingerprint density at radius 2 is 2.31 bits per heavy atom. The fourth-order valence-electron chi connectivity index (χ4n) is 1.07. The highest BCUT2D eigenvalue weighted by molar-refractivity contribution is 5.44. The van der Waals surface area contributed by atoms with Gasteiger partial charge in [-0.1, -0.05) is 0 Å². The predicted molar refractivity (Wildman–Crippen MR) is 52.0 cm³/mol. The zero-order valence-electron chi connectivity index (χ0n) is 7.70. The van der Waals surface area contributed by atoms with Gasteiger partial charge in [0.2, 0.25) is 0 Å². The zero-order chi connectivity index (χ0) is 9.90. The molecule has 1 unspecified atom stereocenters. The van der Waals surface area contributed by atoms with Crippen LogP contribution >= 0.6 is 0 Å². The van der Waals surface area contributed by atoms with Gasteiger partial charge in [-0.25, -0.2) is 0 Å². The molecule has 1 heterocycles. The number of rotatable bonds is 3. The van der Waals surface area contributed by atoms with Crippen molar-refractivity contribution in [1.29, 1.82) is 0 Å². The van der Waals surface area contributed by atoms with Crippen LogP contribution in [0.1, 0.15) is 12.5 Å². The van der Waals surface area contributed by atoms with Gasteiger partial charge in [-0.2, -0.15) is 0 Å². The smallest absolute Gasteiger partial charge is 0.0782 e. The monoisotopic (exact) mass is 181 g/mol. The molecule has 0 aromatic carbocycles. The molecule has 0 aliphatic carbocycles. The number of nitrogens with two attached hydrogens (primary N) is 2. The summed E-state index contributed by atoms with van der Waals surface area (Å²) in [5.74, 6) is 0. The van der Waals surface area contributed by atoms with Gasteiger partial charge in [0.05, 0.1) is 5.60 Å². The van der Waals surface area contributed by atoms with Crippen LogP contribution in [0.2, 0.25) is 0 Å². The van der Waals surface area contributed by atoms with Crippen LogP contribution in [-0.4, -0.2) is 22.2 Å². The number of hydrogen-bond acceptors (Lipinski definition) is 4. The van der Waals surface area contributed by atoms with E-state index in [-0.39, 0.29) is 6.54 Å². The molecule has 1 rings (SSSR count). The minimum absolute atomic E-state index is 0.210. The molecule has 0 saturated heterocycles. The minimum atomic E-state index is -0.906. The first-order valence-electron chi connectivity index (χ1n) is 4.16. The van der Waals surface area contributed by atoms with Crippen LogP contribution in [0, 0.1) is 0 Å². The normalized spacial score (nSPS) is 15.3. The van der Waals surface area contributed by atoms with E-state index in [1.165, 1.54) is 0 Å². The van der Waals surface area contributed by atoms with Gasteiger partial charge < -0.3 is 16.6 Å². The molecule has 1 atom stereocenters. The van der Waals surface area contributed by atoms with E-state index in [2.05, 4.69) is 4.98 Å². The highest BCUT2D eigenvalue weighted by atomic mass is 16.3. The van der Waals surface area contributed by atoms with Gasteiger partial charge in [0.15, 0.2) is 0 Å². The largest absolute Gasteiger partial charge is 0.398 e. The molecule has 0 amide bonds. The van der Waals surface area contributed by atoms with Crippen molar-refractivity contribution in [2.75, 3.05) is 12.3 Å². The second kappa shape index (κ2) is 3.72. The van der Waals surface area contributed by atoms with Crippen LogP contribution in [0.15, 0.2) is 18.5 Å². The van der Waals surface area contributed by atoms with Gasteiger partial charge in [0.1, 0.15) is 0 Å². The second-order valence-corrected chi connectivity index (χ2v) is 3.45. The molecular formula is C9H15N3O. The standard InChI is InChI=1S/C9H15N3O/c1-9(13,6-10)4-7-5-12-3-2-8(7)11/h2-3,5,13H,4,6,10H2,1H3,(H2,11,12). The third-order valence-electron chi connectivity index (χ3n) is 1.95. The van der Waals surface area contributed by atoms with Gasteiger partial charge in [0.25, 0.3) is 0 Å². The number of nitrogen functional groups attached to an aromatic ring is 1. The quantitative estimate of drug-likeness (QED) is 0.608. The summed E-state index contributed by atoms with van der Waals surface area (Å²) >= 11 is 0. The first-order chi connectivity index (χ1) is 6.05. The fraction of sp³-hybridized carbons (Fsp3) is 0.444. The second-order valence-electron chi connectivity index (χ2n) is 3.45. The summed E-state index contributed by atoms with van der Waals surface area (Å²) in [6, 6.07) is 1.71. The van der Waals surface area contributed by atoms with E-state index < -0.39 is 5.60 Å². The summed E-state index contributed by atoms with van der Waals surface area (Å²) in [7, 11) is 0. The first-order valence-corrected chi connectivity index (χ1v) is 4.16. The summed E-state index contributed by atoms with van der Waals surface area (Å²) < 4.78 is 0. The number of aliphatic hydroxyl groups is 1. The maximum Gasteiger partial charge on any atom is 0.0782 e. The summed E-state index contributed by atoms with van der Waals surface area (Å²) in [6.45, 7) is 1.89. The fourth-order valence-corrected chi connectivity index (χ4v) is 1.07. The lowest BCUT2D eigenvalue weighted by Gasteiger charge is -2.21. The highest BCUT2D eigenvalue weighted by Crippen LogP contribution is 2.16. The SMILES string of the molecule is CC(O)(CN)Cc1cnccc1N. The molecule has 0 aliphatic rings. The molecule has 0 bridgehead atoms. The van der Waals surface area contributed by atoms with Crippen LogP contribution in [0.5, 0.6) is 0 Å². The average molecular weight is 181 g/mol. The van der Waals surface area contributed by atoms with Gasteiger partial charge in [-0.05, 0) is 18.6 Å². The minimum Gasteiger partial charge on any atom is -0.398 e. The molecule has 13 heavy (non-hydrogen) atoms. The molecular weight excluding hydrogens is 166 g/mol. The Morgan fingerprint density at radius 1 is 1.62 bits per heavy atom. The van der Waals surface area contributed by atoms with E-state index in [1.807, 2.05) is 0 Å². The number of hydrogen-bond donors (Lipinski definition) is 3. The average Bonchev–Trinajstić information content (AvgIpc) is 2.09. The topological polar surface area (TPSA) is 85.2 Å². The Balaban J connectivity index is 2.80. The van der Waals surface area contributed by atoms with Gasteiger partial charge in [0, 0.05) is 31.0 Å². The van der Waals surface area contributed by atoms with Crippen molar-refractivity contribution in [2.45, 2.75) is 18.9 Å². The molecule has 4 nitrogen and oxygen atoms in total. The molecule has 1 aromatic heterocycles. The molecule has 72 valence electrons. The van der Waals surface area contributed by atoms with Crippen molar-refractivity contribution >= 4 is 5.69 Å². The maximum atomic E-state index is 9.69. The third-order valence-corrected chi connectivity index (χ3v) is 1.95. The lowest BCUT2D eigenvalue weighted by molar-refractivity contribution is 0.0697. The molecule has 4 heteroatoms. The molecule has 0 spiro atoms. The van der Waals surface area contributed by atoms with Gasteiger partial charge in [-0.15, -0.1) is 0 Å². The van der Waals surface area contributed by atoms with Crippen molar-refractivity contribution in [3.05, 3.63) is 24.0 Å². The van der Waals surface area contributed by atoms with Crippen LogP contribution in [0.25, 0.3) is 0 Å². The summed E-state index contributed by atoms with van der Waals surface area (Å²) in [5.41, 5.74) is 11.7. The molecule has 0 aliphatic heterocycles. The van der Waals surface area contributed by atoms with E-state index in [0.29, 0.717) is 12.1 Å². The van der Waals surface area contributed by atoms with Gasteiger partial charge >= 0.3 is 0 Å². The summed E-state index contributed by atoms with van der Waals surface area (Å²) in [6.07, 6.45) is 3.71. The van der Waals surface area contributed by atoms with Crippen LogP contribution < -0.4 is 11.5 Å².